The van der Waals surface area contributed by atoms with Gasteiger partial charge in [-0.25, -0.2) is 4.79 Å². The molecular weight excluding hydrogens is 360 g/mol. The first-order valence-electron chi connectivity index (χ1n) is 9.52. The number of benzene rings is 1. The summed E-state index contributed by atoms with van der Waals surface area (Å²) in [4.78, 5) is 50.7. The number of aryl methyl sites for hydroxylation is 1. The number of hydrogen-bond donors (Lipinski definition) is 3. The second-order valence-electron chi connectivity index (χ2n) is 7.88. The maximum atomic E-state index is 13.0. The average molecular weight is 386 g/mol. The van der Waals surface area contributed by atoms with Gasteiger partial charge in [-0.05, 0) is 37.8 Å². The van der Waals surface area contributed by atoms with Crippen LogP contribution in [-0.2, 0) is 9.59 Å². The van der Waals surface area contributed by atoms with Crippen molar-refractivity contribution in [2.75, 3.05) is 13.1 Å². The molecule has 2 fully saturated rings. The molecule has 3 rings (SSSR count). The van der Waals surface area contributed by atoms with Crippen molar-refractivity contribution in [3.63, 3.8) is 0 Å². The number of likely N-dealkylation sites (tertiary alicyclic amines) is 1. The Morgan fingerprint density at radius 2 is 1.71 bits per heavy atom. The van der Waals surface area contributed by atoms with Crippen LogP contribution in [0.3, 0.4) is 0 Å². The van der Waals surface area contributed by atoms with Crippen LogP contribution in [0.15, 0.2) is 24.3 Å². The maximum absolute atomic E-state index is 13.0. The zero-order valence-corrected chi connectivity index (χ0v) is 16.4. The molecule has 0 saturated carbocycles. The Hall–Kier alpha value is -2.90. The number of hydrogen-bond acceptors (Lipinski definition) is 4. The molecule has 1 spiro atoms. The van der Waals surface area contributed by atoms with Crippen LogP contribution >= 0.6 is 0 Å². The van der Waals surface area contributed by atoms with E-state index < -0.39 is 17.6 Å². The lowest BCUT2D eigenvalue weighted by molar-refractivity contribution is -0.138. The summed E-state index contributed by atoms with van der Waals surface area (Å²) in [5.41, 5.74) is 0.636. The van der Waals surface area contributed by atoms with E-state index in [0.717, 1.165) is 5.56 Å². The molecule has 1 unspecified atom stereocenters. The molecular formula is C20H26N4O4. The molecule has 2 aliphatic rings. The van der Waals surface area contributed by atoms with Gasteiger partial charge in [-0.2, -0.15) is 0 Å². The van der Waals surface area contributed by atoms with Gasteiger partial charge in [0.05, 0.1) is 0 Å². The fraction of sp³-hybridized carbons (Fsp3) is 0.500. The van der Waals surface area contributed by atoms with Crippen molar-refractivity contribution in [3.8, 4) is 0 Å². The second-order valence-corrected chi connectivity index (χ2v) is 7.88. The first kappa shape index (κ1) is 19.9. The van der Waals surface area contributed by atoms with E-state index in [1.165, 1.54) is 0 Å². The van der Waals surface area contributed by atoms with E-state index in [1.54, 1.807) is 17.0 Å². The zero-order chi connectivity index (χ0) is 20.5. The summed E-state index contributed by atoms with van der Waals surface area (Å²) < 4.78 is 0. The largest absolute Gasteiger partial charge is 0.341 e. The van der Waals surface area contributed by atoms with Gasteiger partial charge in [0, 0.05) is 18.7 Å². The van der Waals surface area contributed by atoms with Crippen LogP contribution in [0, 0.1) is 12.8 Å². The molecule has 0 bridgehead atoms. The third kappa shape index (κ3) is 3.85. The molecule has 1 aromatic rings. The molecule has 28 heavy (non-hydrogen) atoms. The topological polar surface area (TPSA) is 108 Å². The Kier molecular flexibility index (Phi) is 5.40. The molecule has 0 aliphatic carbocycles. The van der Waals surface area contributed by atoms with Crippen molar-refractivity contribution in [1.82, 2.24) is 20.9 Å². The van der Waals surface area contributed by atoms with Crippen molar-refractivity contribution in [1.29, 1.82) is 0 Å². The molecule has 0 aromatic heterocycles. The second kappa shape index (κ2) is 7.61. The molecule has 8 heteroatoms. The van der Waals surface area contributed by atoms with Crippen molar-refractivity contribution < 1.29 is 19.2 Å². The predicted octanol–water partition coefficient (Wildman–Crippen LogP) is 0.950. The highest BCUT2D eigenvalue weighted by molar-refractivity contribution is 6.07. The quantitative estimate of drug-likeness (QED) is 0.670. The Labute approximate surface area is 164 Å². The molecule has 2 heterocycles. The SMILES string of the molecule is Cc1ccc(C(=O)NC(C(=O)N2CCC3(CC2)NC(=O)NC3=O)C(C)C)cc1. The molecule has 2 saturated heterocycles. The zero-order valence-electron chi connectivity index (χ0n) is 16.4. The van der Waals surface area contributed by atoms with Crippen molar-refractivity contribution >= 4 is 23.8 Å². The van der Waals surface area contributed by atoms with Gasteiger partial charge in [-0.1, -0.05) is 31.5 Å². The van der Waals surface area contributed by atoms with Crippen molar-refractivity contribution in [2.24, 2.45) is 5.92 Å². The lowest BCUT2D eigenvalue weighted by Gasteiger charge is -2.39. The fourth-order valence-electron chi connectivity index (χ4n) is 3.63. The summed E-state index contributed by atoms with van der Waals surface area (Å²) in [6, 6.07) is 6.03. The fourth-order valence-corrected chi connectivity index (χ4v) is 3.63. The third-order valence-corrected chi connectivity index (χ3v) is 5.48. The van der Waals surface area contributed by atoms with Gasteiger partial charge < -0.3 is 15.5 Å². The molecule has 1 atom stereocenters. The molecule has 0 radical (unpaired) electrons. The minimum Gasteiger partial charge on any atom is -0.341 e. The minimum atomic E-state index is -0.924. The summed E-state index contributed by atoms with van der Waals surface area (Å²) in [7, 11) is 0. The lowest BCUT2D eigenvalue weighted by atomic mass is 9.87. The van der Waals surface area contributed by atoms with Gasteiger partial charge in [0.15, 0.2) is 0 Å². The van der Waals surface area contributed by atoms with Crippen LogP contribution in [-0.4, -0.2) is 53.3 Å². The molecule has 1 aromatic carbocycles. The van der Waals surface area contributed by atoms with Gasteiger partial charge >= 0.3 is 6.03 Å². The highest BCUT2D eigenvalue weighted by atomic mass is 16.2. The van der Waals surface area contributed by atoms with Gasteiger partial charge in [0.25, 0.3) is 11.8 Å². The number of piperidine rings is 1. The van der Waals surface area contributed by atoms with Crippen molar-refractivity contribution in [2.45, 2.75) is 45.2 Å². The van der Waals surface area contributed by atoms with Crippen LogP contribution in [0.25, 0.3) is 0 Å². The molecule has 8 nitrogen and oxygen atoms in total. The third-order valence-electron chi connectivity index (χ3n) is 5.48. The number of nitrogens with zero attached hydrogens (tertiary/aromatic N) is 1. The first-order valence-corrected chi connectivity index (χ1v) is 9.52. The molecule has 5 amide bonds. The van der Waals surface area contributed by atoms with Crippen LogP contribution in [0.2, 0.25) is 0 Å². The van der Waals surface area contributed by atoms with Gasteiger partial charge in [0.1, 0.15) is 11.6 Å². The Balaban J connectivity index is 1.65. The number of amides is 5. The summed E-state index contributed by atoms with van der Waals surface area (Å²) in [6.07, 6.45) is 0.708. The summed E-state index contributed by atoms with van der Waals surface area (Å²) in [5, 5.41) is 7.79. The lowest BCUT2D eigenvalue weighted by Crippen LogP contribution is -2.59. The number of rotatable bonds is 4. The Morgan fingerprint density at radius 3 is 2.21 bits per heavy atom. The van der Waals surface area contributed by atoms with E-state index in [-0.39, 0.29) is 23.6 Å². The number of nitrogens with one attached hydrogen (secondary N) is 3. The number of carbonyl (C=O) groups excluding carboxylic acids is 4. The first-order chi connectivity index (χ1) is 13.2. The number of urea groups is 1. The van der Waals surface area contributed by atoms with E-state index in [9.17, 15) is 19.2 Å². The van der Waals surface area contributed by atoms with E-state index in [2.05, 4.69) is 16.0 Å². The van der Waals surface area contributed by atoms with E-state index in [0.29, 0.717) is 31.5 Å². The van der Waals surface area contributed by atoms with E-state index in [4.69, 9.17) is 0 Å². The average Bonchev–Trinajstić information content (AvgIpc) is 2.92. The molecule has 3 N–H and O–H groups in total. The monoisotopic (exact) mass is 386 g/mol. The van der Waals surface area contributed by atoms with Crippen LogP contribution in [0.1, 0.15) is 42.6 Å². The van der Waals surface area contributed by atoms with Gasteiger partial charge in [-0.3, -0.25) is 19.7 Å². The van der Waals surface area contributed by atoms with E-state index >= 15 is 0 Å². The minimum absolute atomic E-state index is 0.0905. The van der Waals surface area contributed by atoms with Crippen molar-refractivity contribution in [3.05, 3.63) is 35.4 Å². The highest BCUT2D eigenvalue weighted by Crippen LogP contribution is 2.26. The summed E-state index contributed by atoms with van der Waals surface area (Å²) in [5.74, 6) is -0.886. The Morgan fingerprint density at radius 1 is 1.11 bits per heavy atom. The summed E-state index contributed by atoms with van der Waals surface area (Å²) >= 11 is 0. The molecule has 2 aliphatic heterocycles. The smallest absolute Gasteiger partial charge is 0.322 e. The maximum Gasteiger partial charge on any atom is 0.322 e. The number of carbonyl (C=O) groups is 4. The van der Waals surface area contributed by atoms with Gasteiger partial charge in [-0.15, -0.1) is 0 Å². The normalized spacial score (nSPS) is 19.4. The predicted molar refractivity (Wildman–Crippen MR) is 102 cm³/mol. The summed E-state index contributed by atoms with van der Waals surface area (Å²) in [6.45, 7) is 6.40. The van der Waals surface area contributed by atoms with Crippen LogP contribution in [0.4, 0.5) is 4.79 Å². The van der Waals surface area contributed by atoms with Gasteiger partial charge in [0.2, 0.25) is 5.91 Å². The standard InChI is InChI=1S/C20H26N4O4/c1-12(2)15(21-16(25)14-6-4-13(3)5-7-14)17(26)24-10-8-20(9-11-24)18(27)22-19(28)23-20/h4-7,12,15H,8-11H2,1-3H3,(H,21,25)(H2,22,23,27,28). The van der Waals surface area contributed by atoms with Crippen LogP contribution in [0.5, 0.6) is 0 Å². The highest BCUT2D eigenvalue weighted by Gasteiger charge is 2.48. The van der Waals surface area contributed by atoms with Crippen LogP contribution < -0.4 is 16.0 Å². The van der Waals surface area contributed by atoms with E-state index in [1.807, 2.05) is 32.9 Å². The Bertz CT molecular complexity index is 795. The number of imide groups is 1. The molecule has 150 valence electrons.